The van der Waals surface area contributed by atoms with Crippen LogP contribution in [0.1, 0.15) is 33.6 Å². The van der Waals surface area contributed by atoms with E-state index in [4.69, 9.17) is 0 Å². The third kappa shape index (κ3) is 3.50. The lowest BCUT2D eigenvalue weighted by Gasteiger charge is -2.37. The van der Waals surface area contributed by atoms with E-state index in [1.165, 1.54) is 26.8 Å². The first-order chi connectivity index (χ1) is 7.54. The van der Waals surface area contributed by atoms with Gasteiger partial charge < -0.3 is 25.5 Å². The highest BCUT2D eigenvalue weighted by Crippen LogP contribution is 2.31. The van der Waals surface area contributed by atoms with Gasteiger partial charge in [0.1, 0.15) is 6.10 Å². The maximum Gasteiger partial charge on any atom is 0.101 e. The molecule has 4 atom stereocenters. The summed E-state index contributed by atoms with van der Waals surface area (Å²) in [5, 5.41) is 48.5. The average Bonchev–Trinajstić information content (AvgIpc) is 2.11. The molecule has 1 aliphatic carbocycles. The summed E-state index contributed by atoms with van der Waals surface area (Å²) in [5.74, 6) is 0. The molecule has 5 nitrogen and oxygen atoms in total. The molecule has 0 saturated heterocycles. The molecule has 0 saturated carbocycles. The van der Waals surface area contributed by atoms with Crippen molar-refractivity contribution in [1.82, 2.24) is 0 Å². The molecule has 1 rings (SSSR count). The molecule has 0 heterocycles. The Morgan fingerprint density at radius 3 is 2.47 bits per heavy atom. The van der Waals surface area contributed by atoms with Crippen molar-refractivity contribution < 1.29 is 25.5 Å². The Kier molecular flexibility index (Phi) is 4.01. The van der Waals surface area contributed by atoms with Gasteiger partial charge in [-0.25, -0.2) is 0 Å². The second kappa shape index (κ2) is 4.66. The van der Waals surface area contributed by atoms with Crippen molar-refractivity contribution in [3.63, 3.8) is 0 Å². The van der Waals surface area contributed by atoms with Gasteiger partial charge in [-0.1, -0.05) is 6.08 Å². The second-order valence-corrected chi connectivity index (χ2v) is 5.64. The Bertz CT molecular complexity index is 303. The third-order valence-corrected chi connectivity index (χ3v) is 3.29. The number of hydrogen-bond donors (Lipinski definition) is 5. The van der Waals surface area contributed by atoms with E-state index in [1.54, 1.807) is 0 Å². The van der Waals surface area contributed by atoms with Crippen LogP contribution in [0.2, 0.25) is 0 Å². The van der Waals surface area contributed by atoms with Gasteiger partial charge in [0.25, 0.3) is 0 Å². The molecule has 5 N–H and O–H groups in total. The van der Waals surface area contributed by atoms with Crippen LogP contribution in [0.4, 0.5) is 0 Å². The molecule has 0 amide bonds. The van der Waals surface area contributed by atoms with E-state index in [-0.39, 0.29) is 12.8 Å². The zero-order chi connectivity index (χ0) is 13.4. The van der Waals surface area contributed by atoms with Crippen LogP contribution in [0, 0.1) is 0 Å². The van der Waals surface area contributed by atoms with Crippen LogP contribution < -0.4 is 0 Å². The average molecular weight is 246 g/mol. The lowest BCUT2D eigenvalue weighted by Crippen LogP contribution is -2.46. The maximum atomic E-state index is 9.80. The molecule has 0 spiro atoms. The summed E-state index contributed by atoms with van der Waals surface area (Å²) in [4.78, 5) is 0. The minimum atomic E-state index is -1.36. The lowest BCUT2D eigenvalue weighted by atomic mass is 9.80. The Balaban J connectivity index is 2.79. The van der Waals surface area contributed by atoms with E-state index >= 15 is 0 Å². The second-order valence-electron chi connectivity index (χ2n) is 5.64. The van der Waals surface area contributed by atoms with E-state index < -0.39 is 29.5 Å². The van der Waals surface area contributed by atoms with Crippen LogP contribution >= 0.6 is 0 Å². The van der Waals surface area contributed by atoms with Gasteiger partial charge in [0, 0.05) is 6.42 Å². The molecule has 5 heteroatoms. The predicted octanol–water partition coefficient (Wildman–Crippen LogP) is -0.689. The lowest BCUT2D eigenvalue weighted by molar-refractivity contribution is -0.0783. The molecule has 0 radical (unpaired) electrons. The van der Waals surface area contributed by atoms with Crippen molar-refractivity contribution in [2.45, 2.75) is 63.1 Å². The van der Waals surface area contributed by atoms with Gasteiger partial charge in [0.2, 0.25) is 0 Å². The van der Waals surface area contributed by atoms with Crippen molar-refractivity contribution in [2.75, 3.05) is 0 Å². The van der Waals surface area contributed by atoms with E-state index in [2.05, 4.69) is 0 Å². The largest absolute Gasteiger partial charge is 0.390 e. The fourth-order valence-electron chi connectivity index (χ4n) is 1.81. The SMILES string of the molecule is CC(C)(O)[C@@H](O)CC1=C[C@H](O)[C@](C)(O)C[C@@H]1O. The van der Waals surface area contributed by atoms with Gasteiger partial charge in [-0.2, -0.15) is 0 Å². The van der Waals surface area contributed by atoms with E-state index in [0.29, 0.717) is 5.57 Å². The molecule has 17 heavy (non-hydrogen) atoms. The molecule has 1 aliphatic rings. The summed E-state index contributed by atoms with van der Waals surface area (Å²) in [6.45, 7) is 4.39. The van der Waals surface area contributed by atoms with Crippen LogP contribution in [0.15, 0.2) is 11.6 Å². The van der Waals surface area contributed by atoms with Gasteiger partial charge >= 0.3 is 0 Å². The fourth-order valence-corrected chi connectivity index (χ4v) is 1.81. The van der Waals surface area contributed by atoms with Gasteiger partial charge in [-0.15, -0.1) is 0 Å². The molecule has 0 aromatic carbocycles. The molecule has 0 aromatic rings. The van der Waals surface area contributed by atoms with E-state index in [9.17, 15) is 25.5 Å². The van der Waals surface area contributed by atoms with Crippen molar-refractivity contribution in [3.05, 3.63) is 11.6 Å². The molecule has 0 aromatic heterocycles. The Hall–Kier alpha value is -0.460. The Labute approximate surface area is 101 Å². The van der Waals surface area contributed by atoms with E-state index in [1.807, 2.05) is 0 Å². The fraction of sp³-hybridized carbons (Fsp3) is 0.833. The highest BCUT2D eigenvalue weighted by molar-refractivity contribution is 5.20. The van der Waals surface area contributed by atoms with Gasteiger partial charge in [0.05, 0.1) is 23.4 Å². The molecular weight excluding hydrogens is 224 g/mol. The van der Waals surface area contributed by atoms with E-state index in [0.717, 1.165) is 0 Å². The quantitative estimate of drug-likeness (QED) is 0.424. The summed E-state index contributed by atoms with van der Waals surface area (Å²) < 4.78 is 0. The standard InChI is InChI=1S/C12H22O5/c1-11(2,16)9(14)4-7-5-10(15)12(3,17)6-8(7)13/h5,8-10,13-17H,4,6H2,1-3H3/t8-,9-,10-,12+/m0/s1. The third-order valence-electron chi connectivity index (χ3n) is 3.29. The summed E-state index contributed by atoms with van der Waals surface area (Å²) in [5.41, 5.74) is -2.19. The molecule has 0 aliphatic heterocycles. The first-order valence-electron chi connectivity index (χ1n) is 5.73. The topological polar surface area (TPSA) is 101 Å². The predicted molar refractivity (Wildman–Crippen MR) is 62.3 cm³/mol. The smallest absolute Gasteiger partial charge is 0.101 e. The number of hydrogen-bond acceptors (Lipinski definition) is 5. The first-order valence-corrected chi connectivity index (χ1v) is 5.73. The molecule has 0 bridgehead atoms. The van der Waals surface area contributed by atoms with Crippen molar-refractivity contribution in [1.29, 1.82) is 0 Å². The van der Waals surface area contributed by atoms with Gasteiger partial charge in [-0.3, -0.25) is 0 Å². The normalized spacial score (nSPS) is 36.6. The van der Waals surface area contributed by atoms with Crippen LogP contribution in [0.25, 0.3) is 0 Å². The monoisotopic (exact) mass is 246 g/mol. The van der Waals surface area contributed by atoms with Gasteiger partial charge in [0.15, 0.2) is 0 Å². The molecule has 0 fully saturated rings. The summed E-state index contributed by atoms with van der Waals surface area (Å²) in [7, 11) is 0. The van der Waals surface area contributed by atoms with Crippen LogP contribution in [-0.2, 0) is 0 Å². The minimum absolute atomic E-state index is 0.0125. The van der Waals surface area contributed by atoms with Crippen molar-refractivity contribution in [2.24, 2.45) is 0 Å². The van der Waals surface area contributed by atoms with Crippen LogP contribution in [0.3, 0.4) is 0 Å². The molecule has 100 valence electrons. The van der Waals surface area contributed by atoms with Gasteiger partial charge in [-0.05, 0) is 32.8 Å². The molecular formula is C12H22O5. The first kappa shape index (κ1) is 14.6. The van der Waals surface area contributed by atoms with Crippen molar-refractivity contribution in [3.8, 4) is 0 Å². The van der Waals surface area contributed by atoms with Crippen molar-refractivity contribution >= 4 is 0 Å². The van der Waals surface area contributed by atoms with Crippen LogP contribution in [-0.4, -0.2) is 55.0 Å². The summed E-state index contributed by atoms with van der Waals surface area (Å²) in [6.07, 6.45) is -1.58. The Morgan fingerprint density at radius 1 is 1.47 bits per heavy atom. The highest BCUT2D eigenvalue weighted by atomic mass is 16.3. The summed E-state index contributed by atoms with van der Waals surface area (Å²) in [6, 6.07) is 0. The zero-order valence-corrected chi connectivity index (χ0v) is 10.5. The number of aliphatic hydroxyl groups excluding tert-OH is 3. The summed E-state index contributed by atoms with van der Waals surface area (Å²) >= 11 is 0. The maximum absolute atomic E-state index is 9.80. The molecule has 0 unspecified atom stereocenters. The van der Waals surface area contributed by atoms with Crippen LogP contribution in [0.5, 0.6) is 0 Å². The zero-order valence-electron chi connectivity index (χ0n) is 10.5. The highest BCUT2D eigenvalue weighted by Gasteiger charge is 2.38. The Morgan fingerprint density at radius 2 is 2.00 bits per heavy atom. The minimum Gasteiger partial charge on any atom is -0.390 e. The number of aliphatic hydroxyl groups is 5. The number of rotatable bonds is 3.